The first-order valence-electron chi connectivity index (χ1n) is 5.47. The number of carbonyl (C=O) groups excluding carboxylic acids is 1. The molecule has 2 aromatic heterocycles. The first-order valence-corrected chi connectivity index (χ1v) is 5.47. The number of amides is 1. The maximum absolute atomic E-state index is 11.2. The molecule has 1 fully saturated rings. The van der Waals surface area contributed by atoms with Crippen LogP contribution in [-0.2, 0) is 4.79 Å². The first kappa shape index (κ1) is 10.2. The molecule has 17 heavy (non-hydrogen) atoms. The van der Waals surface area contributed by atoms with E-state index in [4.69, 9.17) is 5.11 Å². The van der Waals surface area contributed by atoms with Gasteiger partial charge < -0.3 is 10.0 Å². The van der Waals surface area contributed by atoms with Gasteiger partial charge in [0.2, 0.25) is 5.91 Å². The van der Waals surface area contributed by atoms with Gasteiger partial charge in [-0.2, -0.15) is 5.10 Å². The van der Waals surface area contributed by atoms with E-state index in [9.17, 15) is 4.79 Å². The molecular formula is C11H12N4O2. The smallest absolute Gasteiger partial charge is 0.248 e. The molecule has 0 saturated carbocycles. The number of likely N-dealkylation sites (tertiary alicyclic amines) is 1. The summed E-state index contributed by atoms with van der Waals surface area (Å²) < 4.78 is 0. The Kier molecular flexibility index (Phi) is 2.29. The lowest BCUT2D eigenvalue weighted by Crippen LogP contribution is -2.49. The van der Waals surface area contributed by atoms with Crippen molar-refractivity contribution in [2.24, 2.45) is 0 Å². The lowest BCUT2D eigenvalue weighted by Gasteiger charge is -2.38. The largest absolute Gasteiger partial charge is 0.387 e. The van der Waals surface area contributed by atoms with Gasteiger partial charge in [0.1, 0.15) is 6.61 Å². The Morgan fingerprint density at radius 2 is 2.41 bits per heavy atom. The summed E-state index contributed by atoms with van der Waals surface area (Å²) in [5, 5.41) is 16.8. The minimum absolute atomic E-state index is 0.219. The van der Waals surface area contributed by atoms with E-state index >= 15 is 0 Å². The number of carbonyl (C=O) groups is 1. The zero-order chi connectivity index (χ0) is 11.8. The number of fused-ring (bicyclic) bond motifs is 1. The summed E-state index contributed by atoms with van der Waals surface area (Å²) >= 11 is 0. The van der Waals surface area contributed by atoms with Gasteiger partial charge in [-0.05, 0) is 12.1 Å². The van der Waals surface area contributed by atoms with E-state index in [-0.39, 0.29) is 11.8 Å². The highest BCUT2D eigenvalue weighted by Gasteiger charge is 2.33. The van der Waals surface area contributed by atoms with Gasteiger partial charge in [0.25, 0.3) is 0 Å². The van der Waals surface area contributed by atoms with Crippen molar-refractivity contribution in [2.75, 3.05) is 19.7 Å². The minimum Gasteiger partial charge on any atom is -0.387 e. The summed E-state index contributed by atoms with van der Waals surface area (Å²) in [5.74, 6) is 0.0443. The molecule has 88 valence electrons. The summed E-state index contributed by atoms with van der Waals surface area (Å²) in [5.41, 5.74) is 1.73. The van der Waals surface area contributed by atoms with Gasteiger partial charge in [0, 0.05) is 30.6 Å². The van der Waals surface area contributed by atoms with Crippen LogP contribution >= 0.6 is 0 Å². The second-order valence-electron chi connectivity index (χ2n) is 4.17. The highest BCUT2D eigenvalue weighted by molar-refractivity contribution is 5.80. The number of H-pyrrole nitrogens is 1. The summed E-state index contributed by atoms with van der Waals surface area (Å²) in [6, 6.07) is 3.84. The van der Waals surface area contributed by atoms with Gasteiger partial charge in [0.15, 0.2) is 5.65 Å². The van der Waals surface area contributed by atoms with Crippen LogP contribution in [0, 0.1) is 0 Å². The minimum atomic E-state index is -0.419. The number of nitrogens with zero attached hydrogens (tertiary/aromatic N) is 3. The average molecular weight is 232 g/mol. The Balaban J connectivity index is 1.81. The van der Waals surface area contributed by atoms with Crippen molar-refractivity contribution in [2.45, 2.75) is 5.92 Å². The van der Waals surface area contributed by atoms with Gasteiger partial charge in [-0.1, -0.05) is 0 Å². The van der Waals surface area contributed by atoms with Gasteiger partial charge in [0.05, 0.1) is 5.69 Å². The van der Waals surface area contributed by atoms with Crippen molar-refractivity contribution in [1.29, 1.82) is 0 Å². The number of rotatable bonds is 2. The van der Waals surface area contributed by atoms with E-state index in [1.807, 2.05) is 12.1 Å². The fraction of sp³-hybridized carbons (Fsp3) is 0.364. The molecule has 0 aromatic carbocycles. The van der Waals surface area contributed by atoms with E-state index in [1.165, 1.54) is 0 Å². The molecular weight excluding hydrogens is 220 g/mol. The molecule has 0 aliphatic carbocycles. The molecule has 0 spiro atoms. The zero-order valence-electron chi connectivity index (χ0n) is 9.13. The van der Waals surface area contributed by atoms with E-state index < -0.39 is 6.61 Å². The SMILES string of the molecule is O=C(CO)N1CC(c2[nH]nc3ncccc23)C1. The number of aromatic nitrogens is 3. The number of pyridine rings is 1. The second-order valence-corrected chi connectivity index (χ2v) is 4.17. The van der Waals surface area contributed by atoms with E-state index in [0.717, 1.165) is 11.1 Å². The fourth-order valence-corrected chi connectivity index (χ4v) is 2.15. The van der Waals surface area contributed by atoms with Gasteiger partial charge in [-0.3, -0.25) is 9.89 Å². The Hall–Kier alpha value is -1.95. The normalized spacial score (nSPS) is 16.2. The van der Waals surface area contributed by atoms with Crippen LogP contribution in [0.1, 0.15) is 11.6 Å². The van der Waals surface area contributed by atoms with Crippen LogP contribution in [0.25, 0.3) is 11.0 Å². The van der Waals surface area contributed by atoms with Crippen LogP contribution in [-0.4, -0.2) is 50.8 Å². The monoisotopic (exact) mass is 232 g/mol. The highest BCUT2D eigenvalue weighted by Crippen LogP contribution is 2.29. The predicted octanol–water partition coefficient (Wildman–Crippen LogP) is -0.124. The Morgan fingerprint density at radius 3 is 3.18 bits per heavy atom. The predicted molar refractivity (Wildman–Crippen MR) is 60.3 cm³/mol. The quantitative estimate of drug-likeness (QED) is 0.756. The van der Waals surface area contributed by atoms with E-state index in [0.29, 0.717) is 18.7 Å². The molecule has 2 aromatic rings. The third-order valence-electron chi connectivity index (χ3n) is 3.14. The highest BCUT2D eigenvalue weighted by atomic mass is 16.3. The molecule has 1 saturated heterocycles. The average Bonchev–Trinajstić information content (AvgIpc) is 2.71. The molecule has 0 atom stereocenters. The Labute approximate surface area is 97.3 Å². The van der Waals surface area contributed by atoms with Crippen LogP contribution in [0.3, 0.4) is 0 Å². The molecule has 6 nitrogen and oxygen atoms in total. The zero-order valence-corrected chi connectivity index (χ0v) is 9.13. The van der Waals surface area contributed by atoms with Crippen molar-refractivity contribution in [3.63, 3.8) is 0 Å². The number of aliphatic hydroxyl groups is 1. The summed E-state index contributed by atoms with van der Waals surface area (Å²) in [6.07, 6.45) is 1.70. The Bertz CT molecular complexity index is 559. The molecule has 3 rings (SSSR count). The third-order valence-corrected chi connectivity index (χ3v) is 3.14. The van der Waals surface area contributed by atoms with Gasteiger partial charge >= 0.3 is 0 Å². The number of hydrogen-bond acceptors (Lipinski definition) is 4. The molecule has 1 aliphatic heterocycles. The fourth-order valence-electron chi connectivity index (χ4n) is 2.15. The van der Waals surface area contributed by atoms with E-state index in [1.54, 1.807) is 11.1 Å². The summed E-state index contributed by atoms with van der Waals surface area (Å²) in [6.45, 7) is 0.842. The van der Waals surface area contributed by atoms with Gasteiger partial charge in [-0.25, -0.2) is 4.98 Å². The number of aromatic amines is 1. The molecule has 2 N–H and O–H groups in total. The number of aliphatic hydroxyl groups excluding tert-OH is 1. The van der Waals surface area contributed by atoms with Gasteiger partial charge in [-0.15, -0.1) is 0 Å². The van der Waals surface area contributed by atoms with Crippen LogP contribution in [0.15, 0.2) is 18.3 Å². The van der Waals surface area contributed by atoms with Crippen molar-refractivity contribution >= 4 is 16.9 Å². The van der Waals surface area contributed by atoms with Crippen molar-refractivity contribution < 1.29 is 9.90 Å². The lowest BCUT2D eigenvalue weighted by molar-refractivity contribution is -0.138. The summed E-state index contributed by atoms with van der Waals surface area (Å²) in [4.78, 5) is 17.0. The van der Waals surface area contributed by atoms with Crippen LogP contribution in [0.5, 0.6) is 0 Å². The van der Waals surface area contributed by atoms with Crippen molar-refractivity contribution in [3.05, 3.63) is 24.0 Å². The van der Waals surface area contributed by atoms with Crippen LogP contribution in [0.4, 0.5) is 0 Å². The standard InChI is InChI=1S/C11H12N4O2/c16-6-9(17)15-4-7(5-15)10-8-2-1-3-12-11(8)14-13-10/h1-3,7,16H,4-6H2,(H,12,13,14). The van der Waals surface area contributed by atoms with Crippen molar-refractivity contribution in [1.82, 2.24) is 20.1 Å². The maximum Gasteiger partial charge on any atom is 0.248 e. The lowest BCUT2D eigenvalue weighted by atomic mass is 9.94. The van der Waals surface area contributed by atoms with E-state index in [2.05, 4.69) is 15.2 Å². The third kappa shape index (κ3) is 1.57. The number of hydrogen-bond donors (Lipinski definition) is 2. The Morgan fingerprint density at radius 1 is 1.59 bits per heavy atom. The second kappa shape index (κ2) is 3.81. The van der Waals surface area contributed by atoms with Crippen LogP contribution < -0.4 is 0 Å². The molecule has 3 heterocycles. The molecule has 1 aliphatic rings. The summed E-state index contributed by atoms with van der Waals surface area (Å²) in [7, 11) is 0. The molecule has 0 unspecified atom stereocenters. The molecule has 0 radical (unpaired) electrons. The van der Waals surface area contributed by atoms with Crippen molar-refractivity contribution in [3.8, 4) is 0 Å². The first-order chi connectivity index (χ1) is 8.29. The maximum atomic E-state index is 11.2. The topological polar surface area (TPSA) is 82.1 Å². The molecule has 6 heteroatoms. The molecule has 0 bridgehead atoms. The van der Waals surface area contributed by atoms with Crippen LogP contribution in [0.2, 0.25) is 0 Å². The molecule has 1 amide bonds. The number of nitrogens with one attached hydrogen (secondary N) is 1.